The molecule has 0 N–H and O–H groups in total. The molecule has 0 unspecified atom stereocenters. The SMILES string of the molecule is CCCN(CCC)CCOc1cccc2c1OCCO2.[Cl-]. The van der Waals surface area contributed by atoms with Crippen molar-refractivity contribution in [3.63, 3.8) is 0 Å². The van der Waals surface area contributed by atoms with Gasteiger partial charge in [0.15, 0.2) is 11.5 Å². The number of fused-ring (bicyclic) bond motifs is 1. The first-order chi connectivity index (χ1) is 9.85. The smallest absolute Gasteiger partial charge is 0.203 e. The van der Waals surface area contributed by atoms with E-state index in [0.717, 1.165) is 36.9 Å². The number of hydrogen-bond donors (Lipinski definition) is 0. The van der Waals surface area contributed by atoms with Crippen molar-refractivity contribution >= 4 is 0 Å². The first-order valence-corrected chi connectivity index (χ1v) is 7.59. The van der Waals surface area contributed by atoms with E-state index in [0.29, 0.717) is 19.8 Å². The minimum Gasteiger partial charge on any atom is -1.00 e. The fraction of sp³-hybridized carbons (Fsp3) is 0.625. The summed E-state index contributed by atoms with van der Waals surface area (Å²) in [6, 6.07) is 5.80. The lowest BCUT2D eigenvalue weighted by atomic mass is 10.3. The average Bonchev–Trinajstić information content (AvgIpc) is 2.48. The van der Waals surface area contributed by atoms with Gasteiger partial charge in [-0.3, -0.25) is 4.90 Å². The molecule has 4 nitrogen and oxygen atoms in total. The van der Waals surface area contributed by atoms with Gasteiger partial charge in [0.1, 0.15) is 19.8 Å². The number of halogens is 1. The van der Waals surface area contributed by atoms with Gasteiger partial charge in [0.25, 0.3) is 0 Å². The van der Waals surface area contributed by atoms with E-state index in [2.05, 4.69) is 18.7 Å². The fourth-order valence-corrected chi connectivity index (χ4v) is 2.41. The minimum absolute atomic E-state index is 0. The molecule has 5 heteroatoms. The van der Waals surface area contributed by atoms with Crippen LogP contribution in [-0.4, -0.2) is 44.4 Å². The molecule has 2 rings (SSSR count). The topological polar surface area (TPSA) is 30.9 Å². The van der Waals surface area contributed by atoms with E-state index in [-0.39, 0.29) is 12.4 Å². The number of benzene rings is 1. The van der Waals surface area contributed by atoms with Gasteiger partial charge in [-0.25, -0.2) is 0 Å². The molecule has 21 heavy (non-hydrogen) atoms. The summed E-state index contributed by atoms with van der Waals surface area (Å²) in [5, 5.41) is 0. The van der Waals surface area contributed by atoms with E-state index in [1.54, 1.807) is 0 Å². The number of nitrogens with zero attached hydrogens (tertiary/aromatic N) is 1. The maximum absolute atomic E-state index is 5.88. The van der Waals surface area contributed by atoms with Gasteiger partial charge >= 0.3 is 0 Å². The van der Waals surface area contributed by atoms with Gasteiger partial charge in [-0.2, -0.15) is 0 Å². The fourth-order valence-electron chi connectivity index (χ4n) is 2.41. The summed E-state index contributed by atoms with van der Waals surface area (Å²) in [4.78, 5) is 2.44. The highest BCUT2D eigenvalue weighted by atomic mass is 35.5. The molecule has 0 atom stereocenters. The maximum atomic E-state index is 5.88. The van der Waals surface area contributed by atoms with Gasteiger partial charge < -0.3 is 26.6 Å². The molecular formula is C16H25ClNO3-. The third kappa shape index (κ3) is 5.29. The van der Waals surface area contributed by atoms with Crippen LogP contribution in [0.2, 0.25) is 0 Å². The number of ether oxygens (including phenoxy) is 3. The monoisotopic (exact) mass is 314 g/mol. The van der Waals surface area contributed by atoms with Crippen molar-refractivity contribution in [2.45, 2.75) is 26.7 Å². The van der Waals surface area contributed by atoms with Crippen LogP contribution in [0.3, 0.4) is 0 Å². The number of para-hydroxylation sites is 1. The second-order valence-corrected chi connectivity index (χ2v) is 4.97. The zero-order chi connectivity index (χ0) is 14.2. The molecular weight excluding hydrogens is 290 g/mol. The van der Waals surface area contributed by atoms with Crippen LogP contribution in [-0.2, 0) is 0 Å². The summed E-state index contributed by atoms with van der Waals surface area (Å²) < 4.78 is 17.1. The molecule has 0 aromatic heterocycles. The highest BCUT2D eigenvalue weighted by Gasteiger charge is 2.16. The molecule has 0 saturated carbocycles. The Labute approximate surface area is 133 Å². The van der Waals surface area contributed by atoms with E-state index in [9.17, 15) is 0 Å². The Morgan fingerprint density at radius 2 is 1.76 bits per heavy atom. The Kier molecular flexibility index (Phi) is 8.31. The van der Waals surface area contributed by atoms with E-state index in [4.69, 9.17) is 14.2 Å². The molecule has 1 heterocycles. The van der Waals surface area contributed by atoms with Crippen molar-refractivity contribution in [2.24, 2.45) is 0 Å². The van der Waals surface area contributed by atoms with Crippen molar-refractivity contribution in [1.82, 2.24) is 4.90 Å². The lowest BCUT2D eigenvalue weighted by molar-refractivity contribution is -0.00000526. The molecule has 0 bridgehead atoms. The molecule has 1 aliphatic heterocycles. The van der Waals surface area contributed by atoms with Gasteiger partial charge in [0, 0.05) is 6.54 Å². The zero-order valence-electron chi connectivity index (χ0n) is 12.9. The zero-order valence-corrected chi connectivity index (χ0v) is 13.7. The molecule has 0 aliphatic carbocycles. The Hall–Kier alpha value is -1.13. The molecule has 0 amide bonds. The van der Waals surface area contributed by atoms with Crippen LogP contribution in [0.1, 0.15) is 26.7 Å². The van der Waals surface area contributed by atoms with E-state index >= 15 is 0 Å². The summed E-state index contributed by atoms with van der Waals surface area (Å²) in [5.41, 5.74) is 0. The normalized spacial score (nSPS) is 12.9. The second-order valence-electron chi connectivity index (χ2n) is 4.97. The summed E-state index contributed by atoms with van der Waals surface area (Å²) in [5.74, 6) is 2.32. The van der Waals surface area contributed by atoms with Crippen LogP contribution in [0.4, 0.5) is 0 Å². The molecule has 120 valence electrons. The minimum atomic E-state index is 0. The van der Waals surface area contributed by atoms with E-state index in [1.165, 1.54) is 12.8 Å². The summed E-state index contributed by atoms with van der Waals surface area (Å²) in [7, 11) is 0. The Balaban J connectivity index is 0.00000220. The number of hydrogen-bond acceptors (Lipinski definition) is 4. The van der Waals surface area contributed by atoms with Gasteiger partial charge in [-0.05, 0) is 38.1 Å². The highest BCUT2D eigenvalue weighted by Crippen LogP contribution is 2.38. The van der Waals surface area contributed by atoms with Crippen molar-refractivity contribution in [3.05, 3.63) is 18.2 Å². The first-order valence-electron chi connectivity index (χ1n) is 7.59. The van der Waals surface area contributed by atoms with Crippen LogP contribution >= 0.6 is 0 Å². The third-order valence-electron chi connectivity index (χ3n) is 3.27. The lowest BCUT2D eigenvalue weighted by Gasteiger charge is -2.23. The van der Waals surface area contributed by atoms with Crippen molar-refractivity contribution in [1.29, 1.82) is 0 Å². The Morgan fingerprint density at radius 3 is 2.48 bits per heavy atom. The molecule has 1 aliphatic rings. The Morgan fingerprint density at radius 1 is 1.05 bits per heavy atom. The Bertz CT molecular complexity index is 409. The van der Waals surface area contributed by atoms with E-state index < -0.39 is 0 Å². The molecule has 1 aromatic carbocycles. The third-order valence-corrected chi connectivity index (χ3v) is 3.27. The predicted molar refractivity (Wildman–Crippen MR) is 79.9 cm³/mol. The van der Waals surface area contributed by atoms with Crippen LogP contribution < -0.4 is 26.6 Å². The summed E-state index contributed by atoms with van der Waals surface area (Å²) >= 11 is 0. The van der Waals surface area contributed by atoms with Crippen molar-refractivity contribution in [3.8, 4) is 17.2 Å². The van der Waals surface area contributed by atoms with Gasteiger partial charge in [0.05, 0.1) is 0 Å². The van der Waals surface area contributed by atoms with Crippen LogP contribution in [0, 0.1) is 0 Å². The van der Waals surface area contributed by atoms with Crippen LogP contribution in [0.15, 0.2) is 18.2 Å². The van der Waals surface area contributed by atoms with Crippen LogP contribution in [0.25, 0.3) is 0 Å². The molecule has 0 fully saturated rings. The van der Waals surface area contributed by atoms with Crippen molar-refractivity contribution < 1.29 is 26.6 Å². The second kappa shape index (κ2) is 9.74. The first kappa shape index (κ1) is 17.9. The van der Waals surface area contributed by atoms with Gasteiger partial charge in [-0.1, -0.05) is 19.9 Å². The quantitative estimate of drug-likeness (QED) is 0.674. The maximum Gasteiger partial charge on any atom is 0.203 e. The number of rotatable bonds is 8. The average molecular weight is 315 g/mol. The standard InChI is InChI=1S/C16H25NO3.ClH/c1-3-8-17(9-4-2)10-11-18-14-6-5-7-15-16(14)20-13-12-19-15;/h5-7H,3-4,8-13H2,1-2H3;1H/p-1. The lowest BCUT2D eigenvalue weighted by Crippen LogP contribution is -3.00. The summed E-state index contributed by atoms with van der Waals surface area (Å²) in [6.07, 6.45) is 2.36. The molecule has 0 spiro atoms. The largest absolute Gasteiger partial charge is 1.00 e. The predicted octanol–water partition coefficient (Wildman–Crippen LogP) is -0.0374. The molecule has 0 radical (unpaired) electrons. The summed E-state index contributed by atoms with van der Waals surface area (Å²) in [6.45, 7) is 9.51. The molecule has 1 aromatic rings. The highest BCUT2D eigenvalue weighted by molar-refractivity contribution is 5.51. The van der Waals surface area contributed by atoms with E-state index in [1.807, 2.05) is 18.2 Å². The van der Waals surface area contributed by atoms with Crippen LogP contribution in [0.5, 0.6) is 17.2 Å². The van der Waals surface area contributed by atoms with Crippen molar-refractivity contribution in [2.75, 3.05) is 39.5 Å². The van der Waals surface area contributed by atoms with Gasteiger partial charge in [-0.15, -0.1) is 0 Å². The van der Waals surface area contributed by atoms with Gasteiger partial charge in [0.2, 0.25) is 5.75 Å². The molecule has 0 saturated heterocycles.